The van der Waals surface area contributed by atoms with E-state index in [4.69, 9.17) is 10.5 Å². The Morgan fingerprint density at radius 3 is 2.84 bits per heavy atom. The van der Waals surface area contributed by atoms with Crippen LogP contribution in [0.2, 0.25) is 0 Å². The van der Waals surface area contributed by atoms with E-state index in [1.807, 2.05) is 18.7 Å². The zero-order valence-corrected chi connectivity index (χ0v) is 15.3. The molecule has 0 aromatic carbocycles. The van der Waals surface area contributed by atoms with Gasteiger partial charge in [0.15, 0.2) is 0 Å². The van der Waals surface area contributed by atoms with Gasteiger partial charge in [0.1, 0.15) is 27.4 Å². The maximum Gasteiger partial charge on any atom is 0.348 e. The van der Waals surface area contributed by atoms with Gasteiger partial charge in [-0.3, -0.25) is 4.79 Å². The van der Waals surface area contributed by atoms with E-state index in [9.17, 15) is 9.59 Å². The van der Waals surface area contributed by atoms with Crippen LogP contribution in [-0.4, -0.2) is 54.1 Å². The highest BCUT2D eigenvalue weighted by molar-refractivity contribution is 7.20. The molecule has 1 amide bonds. The SMILES string of the molecule is CCOC(=O)c1sc2nc(C)nc(N3CCNC(C(N)=O)C3)c2c1C. The maximum absolute atomic E-state index is 12.2. The standard InChI is InChI=1S/C16H21N5O3S/c1-4-24-16(23)12-8(2)11-14(19-9(3)20-15(11)25-12)21-6-5-18-10(7-21)13(17)22/h10,18H,4-7H2,1-3H3,(H2,17,22). The van der Waals surface area contributed by atoms with E-state index in [-0.39, 0.29) is 11.9 Å². The van der Waals surface area contributed by atoms with Crippen molar-refractivity contribution >= 4 is 39.2 Å². The first-order valence-corrected chi connectivity index (χ1v) is 8.96. The molecule has 1 unspecified atom stereocenters. The van der Waals surface area contributed by atoms with Crippen LogP contribution in [0.1, 0.15) is 28.0 Å². The van der Waals surface area contributed by atoms with E-state index >= 15 is 0 Å². The normalized spacial score (nSPS) is 17.7. The van der Waals surface area contributed by atoms with E-state index in [0.717, 1.165) is 21.6 Å². The highest BCUT2D eigenvalue weighted by Crippen LogP contribution is 2.36. The molecule has 3 N–H and O–H groups in total. The van der Waals surface area contributed by atoms with Gasteiger partial charge >= 0.3 is 5.97 Å². The zero-order chi connectivity index (χ0) is 18.1. The minimum atomic E-state index is -0.428. The summed E-state index contributed by atoms with van der Waals surface area (Å²) in [6.07, 6.45) is 0. The molecule has 1 fully saturated rings. The summed E-state index contributed by atoms with van der Waals surface area (Å²) >= 11 is 1.31. The molecule has 1 aliphatic heterocycles. The van der Waals surface area contributed by atoms with E-state index < -0.39 is 6.04 Å². The highest BCUT2D eigenvalue weighted by atomic mass is 32.1. The second kappa shape index (κ2) is 6.93. The molecule has 25 heavy (non-hydrogen) atoms. The van der Waals surface area contributed by atoms with Crippen LogP contribution in [0.3, 0.4) is 0 Å². The number of primary amides is 1. The second-order valence-electron chi connectivity index (χ2n) is 5.91. The topological polar surface area (TPSA) is 110 Å². The number of hydrogen-bond donors (Lipinski definition) is 2. The quantitative estimate of drug-likeness (QED) is 0.771. The number of carbonyl (C=O) groups is 2. The number of esters is 1. The average molecular weight is 363 g/mol. The number of aryl methyl sites for hydroxylation is 2. The number of ether oxygens (including phenoxy) is 1. The molecule has 8 nitrogen and oxygen atoms in total. The van der Waals surface area contributed by atoms with E-state index in [1.165, 1.54) is 11.3 Å². The Labute approximate surface area is 149 Å². The van der Waals surface area contributed by atoms with Crippen LogP contribution in [0, 0.1) is 13.8 Å². The number of amides is 1. The molecular formula is C16H21N5O3S. The number of nitrogens with zero attached hydrogens (tertiary/aromatic N) is 3. The molecule has 134 valence electrons. The van der Waals surface area contributed by atoms with Gasteiger partial charge in [0, 0.05) is 19.6 Å². The number of fused-ring (bicyclic) bond motifs is 1. The van der Waals surface area contributed by atoms with Crippen molar-refractivity contribution in [1.29, 1.82) is 0 Å². The van der Waals surface area contributed by atoms with Crippen molar-refractivity contribution in [1.82, 2.24) is 15.3 Å². The van der Waals surface area contributed by atoms with Crippen molar-refractivity contribution in [2.75, 3.05) is 31.1 Å². The Morgan fingerprint density at radius 1 is 1.40 bits per heavy atom. The van der Waals surface area contributed by atoms with Gasteiger partial charge in [0.2, 0.25) is 5.91 Å². The number of hydrogen-bond acceptors (Lipinski definition) is 8. The number of piperazine rings is 1. The van der Waals surface area contributed by atoms with Gasteiger partial charge < -0.3 is 20.7 Å². The van der Waals surface area contributed by atoms with Crippen LogP contribution in [0.25, 0.3) is 10.2 Å². The summed E-state index contributed by atoms with van der Waals surface area (Å²) in [5.74, 6) is 0.621. The van der Waals surface area contributed by atoms with Crippen molar-refractivity contribution in [3.05, 3.63) is 16.3 Å². The van der Waals surface area contributed by atoms with Gasteiger partial charge in [-0.15, -0.1) is 11.3 Å². The molecule has 0 spiro atoms. The summed E-state index contributed by atoms with van der Waals surface area (Å²) in [4.78, 5) is 36.1. The minimum Gasteiger partial charge on any atom is -0.462 e. The summed E-state index contributed by atoms with van der Waals surface area (Å²) in [5, 5.41) is 3.94. The number of nitrogens with two attached hydrogens (primary N) is 1. The van der Waals surface area contributed by atoms with Crippen LogP contribution in [-0.2, 0) is 9.53 Å². The Bertz CT molecular complexity index is 835. The molecule has 1 atom stereocenters. The number of anilines is 1. The van der Waals surface area contributed by atoms with E-state index in [1.54, 1.807) is 6.92 Å². The number of rotatable bonds is 4. The van der Waals surface area contributed by atoms with Crippen LogP contribution in [0.5, 0.6) is 0 Å². The Hall–Kier alpha value is -2.26. The largest absolute Gasteiger partial charge is 0.462 e. The fraction of sp³-hybridized carbons (Fsp3) is 0.500. The fourth-order valence-corrected chi connectivity index (χ4v) is 4.09. The highest BCUT2D eigenvalue weighted by Gasteiger charge is 2.28. The third-order valence-corrected chi connectivity index (χ3v) is 5.33. The monoisotopic (exact) mass is 363 g/mol. The third kappa shape index (κ3) is 3.29. The Morgan fingerprint density at radius 2 is 2.16 bits per heavy atom. The Kier molecular flexibility index (Phi) is 4.87. The molecule has 2 aromatic rings. The van der Waals surface area contributed by atoms with Crippen molar-refractivity contribution < 1.29 is 14.3 Å². The zero-order valence-electron chi connectivity index (χ0n) is 14.5. The van der Waals surface area contributed by atoms with Gasteiger partial charge in [-0.05, 0) is 26.3 Å². The molecule has 1 aliphatic rings. The molecule has 0 saturated carbocycles. The van der Waals surface area contributed by atoms with Gasteiger partial charge in [-0.2, -0.15) is 0 Å². The first kappa shape index (κ1) is 17.6. The van der Waals surface area contributed by atoms with Crippen LogP contribution in [0.15, 0.2) is 0 Å². The minimum absolute atomic E-state index is 0.322. The van der Waals surface area contributed by atoms with Gasteiger partial charge in [-0.1, -0.05) is 0 Å². The molecule has 0 aliphatic carbocycles. The summed E-state index contributed by atoms with van der Waals surface area (Å²) < 4.78 is 5.14. The number of thiophene rings is 1. The van der Waals surface area contributed by atoms with Gasteiger partial charge in [0.25, 0.3) is 0 Å². The molecule has 1 saturated heterocycles. The van der Waals surface area contributed by atoms with Crippen molar-refractivity contribution in [3.8, 4) is 0 Å². The fourth-order valence-electron chi connectivity index (χ4n) is 2.97. The van der Waals surface area contributed by atoms with Crippen molar-refractivity contribution in [2.24, 2.45) is 5.73 Å². The van der Waals surface area contributed by atoms with Crippen molar-refractivity contribution in [2.45, 2.75) is 26.8 Å². The number of nitrogens with one attached hydrogen (secondary N) is 1. The smallest absolute Gasteiger partial charge is 0.348 e. The summed E-state index contributed by atoms with van der Waals surface area (Å²) in [6, 6.07) is -0.428. The molecule has 3 rings (SSSR count). The van der Waals surface area contributed by atoms with E-state index in [0.29, 0.717) is 36.9 Å². The predicted octanol–water partition coefficient (Wildman–Crippen LogP) is 0.748. The predicted molar refractivity (Wildman–Crippen MR) is 96.0 cm³/mol. The Balaban J connectivity index is 2.08. The van der Waals surface area contributed by atoms with Crippen LogP contribution >= 0.6 is 11.3 Å². The van der Waals surface area contributed by atoms with Gasteiger partial charge in [0.05, 0.1) is 12.0 Å². The number of carbonyl (C=O) groups excluding carboxylic acids is 2. The molecule has 0 radical (unpaired) electrons. The lowest BCUT2D eigenvalue weighted by atomic mass is 10.1. The molecular weight excluding hydrogens is 342 g/mol. The van der Waals surface area contributed by atoms with Crippen LogP contribution in [0.4, 0.5) is 5.82 Å². The second-order valence-corrected chi connectivity index (χ2v) is 6.91. The summed E-state index contributed by atoms with van der Waals surface area (Å²) in [6.45, 7) is 7.55. The number of aromatic nitrogens is 2. The van der Waals surface area contributed by atoms with E-state index in [2.05, 4.69) is 15.3 Å². The lowest BCUT2D eigenvalue weighted by molar-refractivity contribution is -0.120. The lowest BCUT2D eigenvalue weighted by Gasteiger charge is -2.33. The first-order chi connectivity index (χ1) is 11.9. The van der Waals surface area contributed by atoms with Crippen LogP contribution < -0.4 is 16.0 Å². The maximum atomic E-state index is 12.2. The third-order valence-electron chi connectivity index (χ3n) is 4.16. The molecule has 9 heteroatoms. The summed E-state index contributed by atoms with van der Waals surface area (Å²) in [7, 11) is 0. The first-order valence-electron chi connectivity index (χ1n) is 8.14. The molecule has 0 bridgehead atoms. The summed E-state index contributed by atoms with van der Waals surface area (Å²) in [5.41, 5.74) is 6.25. The van der Waals surface area contributed by atoms with Gasteiger partial charge in [-0.25, -0.2) is 14.8 Å². The molecule has 2 aromatic heterocycles. The van der Waals surface area contributed by atoms with Crippen molar-refractivity contribution in [3.63, 3.8) is 0 Å². The average Bonchev–Trinajstić information content (AvgIpc) is 2.91. The molecule has 3 heterocycles. The lowest BCUT2D eigenvalue weighted by Crippen LogP contribution is -2.56.